The molecule has 0 spiro atoms. The summed E-state index contributed by atoms with van der Waals surface area (Å²) < 4.78 is 0. The van der Waals surface area contributed by atoms with Crippen LogP contribution in [0.25, 0.3) is 0 Å². The second-order valence-electron chi connectivity index (χ2n) is 5.32. The standard InChI is InChI=1S/C12H18N4O3S/c1-8-2-4-12(5-3-8,9(17)18)6-13-10(19)15-11-16-14-7-20-11/h7-8H,2-6H2,1H3,(H,17,18)(H2,13,15,16,19). The van der Waals surface area contributed by atoms with Crippen molar-refractivity contribution in [1.82, 2.24) is 15.5 Å². The van der Waals surface area contributed by atoms with Crippen molar-refractivity contribution in [1.29, 1.82) is 0 Å². The van der Waals surface area contributed by atoms with Gasteiger partial charge in [-0.3, -0.25) is 10.1 Å². The summed E-state index contributed by atoms with van der Waals surface area (Å²) in [5, 5.41) is 22.3. The second kappa shape index (κ2) is 6.17. The number of rotatable bonds is 4. The molecule has 0 aliphatic heterocycles. The minimum Gasteiger partial charge on any atom is -0.481 e. The van der Waals surface area contributed by atoms with Crippen molar-refractivity contribution in [3.63, 3.8) is 0 Å². The van der Waals surface area contributed by atoms with Crippen LogP contribution in [0.3, 0.4) is 0 Å². The molecule has 2 amide bonds. The Kier molecular flexibility index (Phi) is 4.53. The van der Waals surface area contributed by atoms with E-state index in [1.165, 1.54) is 16.8 Å². The first-order chi connectivity index (χ1) is 9.52. The monoisotopic (exact) mass is 298 g/mol. The third kappa shape index (κ3) is 3.44. The average molecular weight is 298 g/mol. The number of carboxylic acids is 1. The molecule has 1 aromatic rings. The third-order valence-corrected chi connectivity index (χ3v) is 4.46. The van der Waals surface area contributed by atoms with E-state index in [1.807, 2.05) is 0 Å². The Morgan fingerprint density at radius 2 is 2.20 bits per heavy atom. The maximum Gasteiger partial charge on any atom is 0.321 e. The number of hydrogen-bond acceptors (Lipinski definition) is 5. The van der Waals surface area contributed by atoms with Gasteiger partial charge < -0.3 is 10.4 Å². The SMILES string of the molecule is CC1CCC(CNC(=O)Nc2nncs2)(C(=O)O)CC1. The Balaban J connectivity index is 1.89. The summed E-state index contributed by atoms with van der Waals surface area (Å²) in [6.07, 6.45) is 2.96. The number of hydrogen-bond donors (Lipinski definition) is 3. The minimum absolute atomic E-state index is 0.139. The van der Waals surface area contributed by atoms with Crippen molar-refractivity contribution in [2.45, 2.75) is 32.6 Å². The Bertz CT molecular complexity index is 469. The minimum atomic E-state index is -0.842. The number of carboxylic acid groups (broad SMARTS) is 1. The lowest BCUT2D eigenvalue weighted by Gasteiger charge is -2.35. The number of carbonyl (C=O) groups is 2. The van der Waals surface area contributed by atoms with Crippen LogP contribution >= 0.6 is 11.3 Å². The van der Waals surface area contributed by atoms with Crippen LogP contribution in [0.2, 0.25) is 0 Å². The van der Waals surface area contributed by atoms with Crippen LogP contribution in [0.5, 0.6) is 0 Å². The van der Waals surface area contributed by atoms with E-state index in [9.17, 15) is 14.7 Å². The maximum absolute atomic E-state index is 11.7. The lowest BCUT2D eigenvalue weighted by Crippen LogP contribution is -2.46. The zero-order valence-electron chi connectivity index (χ0n) is 11.3. The summed E-state index contributed by atoms with van der Waals surface area (Å²) >= 11 is 1.21. The molecular weight excluding hydrogens is 280 g/mol. The number of nitrogens with one attached hydrogen (secondary N) is 2. The van der Waals surface area contributed by atoms with E-state index in [-0.39, 0.29) is 6.54 Å². The molecule has 1 aromatic heterocycles. The number of nitrogens with zero attached hydrogens (tertiary/aromatic N) is 2. The van der Waals surface area contributed by atoms with Gasteiger partial charge in [0.05, 0.1) is 5.41 Å². The molecule has 0 radical (unpaired) electrons. The van der Waals surface area contributed by atoms with Crippen molar-refractivity contribution in [2.24, 2.45) is 11.3 Å². The molecule has 0 aromatic carbocycles. The van der Waals surface area contributed by atoms with Gasteiger partial charge in [-0.2, -0.15) is 0 Å². The van der Waals surface area contributed by atoms with Gasteiger partial charge in [-0.1, -0.05) is 18.3 Å². The number of urea groups is 1. The summed E-state index contributed by atoms with van der Waals surface area (Å²) in [7, 11) is 0. The van der Waals surface area contributed by atoms with Crippen molar-refractivity contribution in [2.75, 3.05) is 11.9 Å². The van der Waals surface area contributed by atoms with E-state index >= 15 is 0 Å². The fourth-order valence-electron chi connectivity index (χ4n) is 2.40. The van der Waals surface area contributed by atoms with E-state index in [0.717, 1.165) is 12.8 Å². The van der Waals surface area contributed by atoms with Crippen LogP contribution in [-0.2, 0) is 4.79 Å². The fourth-order valence-corrected chi connectivity index (χ4v) is 2.84. The topological polar surface area (TPSA) is 104 Å². The van der Waals surface area contributed by atoms with Gasteiger partial charge in [0.2, 0.25) is 5.13 Å². The molecule has 1 fully saturated rings. The fraction of sp³-hybridized carbons (Fsp3) is 0.667. The van der Waals surface area contributed by atoms with E-state index in [1.54, 1.807) is 0 Å². The molecule has 3 N–H and O–H groups in total. The van der Waals surface area contributed by atoms with Crippen molar-refractivity contribution >= 4 is 28.5 Å². The van der Waals surface area contributed by atoms with Gasteiger partial charge >= 0.3 is 12.0 Å². The summed E-state index contributed by atoms with van der Waals surface area (Å²) in [6, 6.07) is -0.444. The Hall–Kier alpha value is -1.70. The highest BCUT2D eigenvalue weighted by atomic mass is 32.1. The molecule has 1 aliphatic rings. The van der Waals surface area contributed by atoms with Gasteiger partial charge in [-0.15, -0.1) is 10.2 Å². The Morgan fingerprint density at radius 3 is 2.75 bits per heavy atom. The van der Waals surface area contributed by atoms with Gasteiger partial charge in [-0.05, 0) is 31.6 Å². The van der Waals surface area contributed by atoms with Crippen LogP contribution in [0, 0.1) is 11.3 Å². The van der Waals surface area contributed by atoms with E-state index < -0.39 is 17.4 Å². The van der Waals surface area contributed by atoms with E-state index in [0.29, 0.717) is 23.9 Å². The van der Waals surface area contributed by atoms with E-state index in [4.69, 9.17) is 0 Å². The third-order valence-electron chi connectivity index (χ3n) is 3.85. The van der Waals surface area contributed by atoms with Gasteiger partial charge in [-0.25, -0.2) is 4.79 Å². The highest BCUT2D eigenvalue weighted by molar-refractivity contribution is 7.13. The maximum atomic E-state index is 11.7. The lowest BCUT2D eigenvalue weighted by atomic mass is 9.71. The number of anilines is 1. The summed E-state index contributed by atoms with van der Waals surface area (Å²) in [6.45, 7) is 2.26. The van der Waals surface area contributed by atoms with Crippen molar-refractivity contribution < 1.29 is 14.7 Å². The molecule has 20 heavy (non-hydrogen) atoms. The number of carbonyl (C=O) groups excluding carboxylic acids is 1. The Morgan fingerprint density at radius 1 is 1.50 bits per heavy atom. The molecule has 1 heterocycles. The molecule has 7 nitrogen and oxygen atoms in total. The zero-order valence-corrected chi connectivity index (χ0v) is 12.1. The van der Waals surface area contributed by atoms with Gasteiger partial charge in [0.15, 0.2) is 0 Å². The molecule has 2 rings (SSSR count). The molecule has 0 unspecified atom stereocenters. The van der Waals surface area contributed by atoms with Gasteiger partial charge in [0.1, 0.15) is 5.51 Å². The van der Waals surface area contributed by atoms with Crippen LogP contribution in [0.15, 0.2) is 5.51 Å². The zero-order chi connectivity index (χ0) is 14.6. The first kappa shape index (κ1) is 14.7. The van der Waals surface area contributed by atoms with Crippen LogP contribution < -0.4 is 10.6 Å². The van der Waals surface area contributed by atoms with Crippen LogP contribution in [0.1, 0.15) is 32.6 Å². The lowest BCUT2D eigenvalue weighted by molar-refractivity contribution is -0.151. The molecule has 0 bridgehead atoms. The highest BCUT2D eigenvalue weighted by Gasteiger charge is 2.41. The second-order valence-corrected chi connectivity index (χ2v) is 6.15. The normalized spacial score (nSPS) is 25.9. The first-order valence-electron chi connectivity index (χ1n) is 6.56. The Labute approximate surface area is 120 Å². The van der Waals surface area contributed by atoms with Crippen LogP contribution in [0.4, 0.5) is 9.93 Å². The smallest absolute Gasteiger partial charge is 0.321 e. The first-order valence-corrected chi connectivity index (χ1v) is 7.44. The van der Waals surface area contributed by atoms with Crippen molar-refractivity contribution in [3.05, 3.63) is 5.51 Å². The molecule has 110 valence electrons. The predicted octanol–water partition coefficient (Wildman–Crippen LogP) is 1.94. The molecular formula is C12H18N4O3S. The molecule has 8 heteroatoms. The van der Waals surface area contributed by atoms with E-state index in [2.05, 4.69) is 27.8 Å². The molecule has 1 saturated carbocycles. The number of aromatic nitrogens is 2. The van der Waals surface area contributed by atoms with Gasteiger partial charge in [0, 0.05) is 6.54 Å². The molecule has 1 aliphatic carbocycles. The number of amides is 2. The largest absolute Gasteiger partial charge is 0.481 e. The summed E-state index contributed by atoms with van der Waals surface area (Å²) in [4.78, 5) is 23.2. The summed E-state index contributed by atoms with van der Waals surface area (Å²) in [5.41, 5.74) is 0.669. The quantitative estimate of drug-likeness (QED) is 0.788. The molecule has 0 saturated heterocycles. The van der Waals surface area contributed by atoms with Crippen LogP contribution in [-0.4, -0.2) is 33.8 Å². The van der Waals surface area contributed by atoms with Crippen molar-refractivity contribution in [3.8, 4) is 0 Å². The highest BCUT2D eigenvalue weighted by Crippen LogP contribution is 2.38. The predicted molar refractivity (Wildman–Crippen MR) is 74.6 cm³/mol. The van der Waals surface area contributed by atoms with Gasteiger partial charge in [0.25, 0.3) is 0 Å². The molecule has 0 atom stereocenters. The number of aliphatic carboxylic acids is 1. The summed E-state index contributed by atoms with van der Waals surface area (Å²) in [5.74, 6) is -0.279. The average Bonchev–Trinajstić information content (AvgIpc) is 2.91.